The van der Waals surface area contributed by atoms with Gasteiger partial charge in [-0.2, -0.15) is 0 Å². The van der Waals surface area contributed by atoms with Crippen LogP contribution in [0.25, 0.3) is 0 Å². The fourth-order valence-corrected chi connectivity index (χ4v) is 2.57. The highest BCUT2D eigenvalue weighted by Crippen LogP contribution is 2.27. The predicted molar refractivity (Wildman–Crippen MR) is 83.2 cm³/mol. The Hall–Kier alpha value is -1.13. The molecular weight excluding hydrogens is 326 g/mol. The SMILES string of the molecule is CCCc1c(Cl)ncnc1Nc1ccc(Br)cc1C. The molecule has 3 nitrogen and oxygen atoms in total. The van der Waals surface area contributed by atoms with E-state index in [0.29, 0.717) is 5.15 Å². The first-order valence-electron chi connectivity index (χ1n) is 6.14. The van der Waals surface area contributed by atoms with Crippen LogP contribution in [-0.2, 0) is 6.42 Å². The molecule has 5 heteroatoms. The van der Waals surface area contributed by atoms with Gasteiger partial charge in [-0.1, -0.05) is 40.9 Å². The number of aryl methyl sites for hydroxylation is 1. The lowest BCUT2D eigenvalue weighted by Crippen LogP contribution is -2.02. The molecular formula is C14H15BrClN3. The van der Waals surface area contributed by atoms with Crippen molar-refractivity contribution in [1.82, 2.24) is 9.97 Å². The predicted octanol–water partition coefficient (Wildman–Crippen LogP) is 4.90. The first-order valence-corrected chi connectivity index (χ1v) is 7.31. The second-order valence-electron chi connectivity index (χ2n) is 4.33. The summed E-state index contributed by atoms with van der Waals surface area (Å²) in [5, 5.41) is 3.86. The molecule has 100 valence electrons. The maximum absolute atomic E-state index is 6.14. The number of anilines is 2. The van der Waals surface area contributed by atoms with Crippen molar-refractivity contribution >= 4 is 39.0 Å². The van der Waals surface area contributed by atoms with Gasteiger partial charge in [0.05, 0.1) is 0 Å². The molecule has 0 saturated heterocycles. The quantitative estimate of drug-likeness (QED) is 0.805. The van der Waals surface area contributed by atoms with Crippen LogP contribution >= 0.6 is 27.5 Å². The third-order valence-corrected chi connectivity index (χ3v) is 3.65. The molecule has 0 saturated carbocycles. The Kier molecular flexibility index (Phi) is 4.77. The van der Waals surface area contributed by atoms with Gasteiger partial charge in [0.15, 0.2) is 0 Å². The van der Waals surface area contributed by atoms with Crippen molar-refractivity contribution in [2.75, 3.05) is 5.32 Å². The molecule has 0 fully saturated rings. The van der Waals surface area contributed by atoms with Gasteiger partial charge in [-0.3, -0.25) is 0 Å². The van der Waals surface area contributed by atoms with Crippen LogP contribution < -0.4 is 5.32 Å². The van der Waals surface area contributed by atoms with E-state index >= 15 is 0 Å². The van der Waals surface area contributed by atoms with Crippen molar-refractivity contribution in [3.05, 3.63) is 45.3 Å². The van der Waals surface area contributed by atoms with Gasteiger partial charge in [0.1, 0.15) is 17.3 Å². The van der Waals surface area contributed by atoms with E-state index in [0.717, 1.165) is 39.9 Å². The number of aromatic nitrogens is 2. The summed E-state index contributed by atoms with van der Waals surface area (Å²) in [5.41, 5.74) is 3.14. The number of hydrogen-bond acceptors (Lipinski definition) is 3. The van der Waals surface area contributed by atoms with E-state index in [-0.39, 0.29) is 0 Å². The number of halogens is 2. The largest absolute Gasteiger partial charge is 0.340 e. The van der Waals surface area contributed by atoms with Gasteiger partial charge in [-0.05, 0) is 37.1 Å². The van der Waals surface area contributed by atoms with Crippen LogP contribution in [0.1, 0.15) is 24.5 Å². The van der Waals surface area contributed by atoms with E-state index < -0.39 is 0 Å². The zero-order valence-electron chi connectivity index (χ0n) is 10.9. The van der Waals surface area contributed by atoms with Crippen LogP contribution in [0.3, 0.4) is 0 Å². The minimum Gasteiger partial charge on any atom is -0.340 e. The molecule has 0 spiro atoms. The molecule has 0 bridgehead atoms. The van der Waals surface area contributed by atoms with Gasteiger partial charge < -0.3 is 5.32 Å². The third-order valence-electron chi connectivity index (χ3n) is 2.83. The van der Waals surface area contributed by atoms with E-state index in [4.69, 9.17) is 11.6 Å². The Labute approximate surface area is 126 Å². The fraction of sp³-hybridized carbons (Fsp3) is 0.286. The van der Waals surface area contributed by atoms with Crippen molar-refractivity contribution in [2.45, 2.75) is 26.7 Å². The molecule has 1 heterocycles. The Balaban J connectivity index is 2.35. The standard InChI is InChI=1S/C14H15BrClN3/c1-3-4-11-13(16)17-8-18-14(11)19-12-6-5-10(15)7-9(12)2/h5-8H,3-4H2,1-2H3,(H,17,18,19). The molecule has 0 atom stereocenters. The number of nitrogens with one attached hydrogen (secondary N) is 1. The summed E-state index contributed by atoms with van der Waals surface area (Å²) in [6.07, 6.45) is 3.34. The summed E-state index contributed by atoms with van der Waals surface area (Å²) in [4.78, 5) is 8.34. The lowest BCUT2D eigenvalue weighted by molar-refractivity contribution is 0.904. The molecule has 19 heavy (non-hydrogen) atoms. The minimum atomic E-state index is 0.522. The van der Waals surface area contributed by atoms with Crippen LogP contribution in [0.5, 0.6) is 0 Å². The summed E-state index contributed by atoms with van der Waals surface area (Å²) >= 11 is 9.60. The topological polar surface area (TPSA) is 37.8 Å². The Morgan fingerprint density at radius 1 is 1.32 bits per heavy atom. The van der Waals surface area contributed by atoms with E-state index in [1.54, 1.807) is 0 Å². The molecule has 2 rings (SSSR count). The summed E-state index contributed by atoms with van der Waals surface area (Å²) < 4.78 is 1.06. The van der Waals surface area contributed by atoms with E-state index in [2.05, 4.69) is 51.1 Å². The molecule has 1 aromatic heterocycles. The Bertz CT molecular complexity index is 587. The molecule has 1 aromatic carbocycles. The minimum absolute atomic E-state index is 0.522. The van der Waals surface area contributed by atoms with E-state index in [1.165, 1.54) is 6.33 Å². The highest BCUT2D eigenvalue weighted by Gasteiger charge is 2.10. The summed E-state index contributed by atoms with van der Waals surface area (Å²) in [7, 11) is 0. The summed E-state index contributed by atoms with van der Waals surface area (Å²) in [6, 6.07) is 6.08. The number of hydrogen-bond donors (Lipinski definition) is 1. The molecule has 0 amide bonds. The van der Waals surface area contributed by atoms with Crippen molar-refractivity contribution in [3.63, 3.8) is 0 Å². The second-order valence-corrected chi connectivity index (χ2v) is 5.60. The van der Waals surface area contributed by atoms with Gasteiger partial charge in [-0.15, -0.1) is 0 Å². The zero-order valence-corrected chi connectivity index (χ0v) is 13.2. The van der Waals surface area contributed by atoms with E-state index in [1.807, 2.05) is 12.1 Å². The number of rotatable bonds is 4. The first-order chi connectivity index (χ1) is 9.11. The van der Waals surface area contributed by atoms with Crippen molar-refractivity contribution in [2.24, 2.45) is 0 Å². The molecule has 0 unspecified atom stereocenters. The van der Waals surface area contributed by atoms with Crippen LogP contribution in [0, 0.1) is 6.92 Å². The van der Waals surface area contributed by atoms with E-state index in [9.17, 15) is 0 Å². The van der Waals surface area contributed by atoms with Crippen LogP contribution in [-0.4, -0.2) is 9.97 Å². The maximum Gasteiger partial charge on any atom is 0.138 e. The van der Waals surface area contributed by atoms with Gasteiger partial charge in [0.2, 0.25) is 0 Å². The molecule has 0 radical (unpaired) electrons. The monoisotopic (exact) mass is 339 g/mol. The lowest BCUT2D eigenvalue weighted by atomic mass is 10.1. The molecule has 0 aliphatic carbocycles. The van der Waals surface area contributed by atoms with Crippen LogP contribution in [0.15, 0.2) is 29.0 Å². The Morgan fingerprint density at radius 3 is 2.79 bits per heavy atom. The second kappa shape index (κ2) is 6.35. The maximum atomic E-state index is 6.14. The third kappa shape index (κ3) is 3.45. The molecule has 2 aromatic rings. The summed E-state index contributed by atoms with van der Waals surface area (Å²) in [6.45, 7) is 4.16. The van der Waals surface area contributed by atoms with Gasteiger partial charge in [0, 0.05) is 15.7 Å². The zero-order chi connectivity index (χ0) is 13.8. The Morgan fingerprint density at radius 2 is 2.11 bits per heavy atom. The van der Waals surface area contributed by atoms with Crippen molar-refractivity contribution in [3.8, 4) is 0 Å². The number of benzene rings is 1. The number of nitrogens with zero attached hydrogens (tertiary/aromatic N) is 2. The van der Waals surface area contributed by atoms with Crippen molar-refractivity contribution in [1.29, 1.82) is 0 Å². The molecule has 0 aliphatic rings. The average molecular weight is 341 g/mol. The van der Waals surface area contributed by atoms with Gasteiger partial charge in [-0.25, -0.2) is 9.97 Å². The summed E-state index contributed by atoms with van der Waals surface area (Å²) in [5.74, 6) is 0.785. The molecule has 1 N–H and O–H groups in total. The smallest absolute Gasteiger partial charge is 0.138 e. The average Bonchev–Trinajstić information content (AvgIpc) is 2.37. The van der Waals surface area contributed by atoms with Gasteiger partial charge >= 0.3 is 0 Å². The van der Waals surface area contributed by atoms with Crippen LogP contribution in [0.4, 0.5) is 11.5 Å². The first kappa shape index (κ1) is 14.3. The van der Waals surface area contributed by atoms with Crippen molar-refractivity contribution < 1.29 is 0 Å². The fourth-order valence-electron chi connectivity index (χ4n) is 1.86. The normalized spacial score (nSPS) is 10.5. The van der Waals surface area contributed by atoms with Crippen LogP contribution in [0.2, 0.25) is 5.15 Å². The highest BCUT2D eigenvalue weighted by atomic mass is 79.9. The highest BCUT2D eigenvalue weighted by molar-refractivity contribution is 9.10. The molecule has 0 aliphatic heterocycles. The van der Waals surface area contributed by atoms with Gasteiger partial charge in [0.25, 0.3) is 0 Å². The lowest BCUT2D eigenvalue weighted by Gasteiger charge is -2.13.